The van der Waals surface area contributed by atoms with Gasteiger partial charge in [0.2, 0.25) is 5.91 Å². The molecule has 3 N–H and O–H groups in total. The summed E-state index contributed by atoms with van der Waals surface area (Å²) in [6.45, 7) is 1.60. The van der Waals surface area contributed by atoms with Gasteiger partial charge in [0.1, 0.15) is 11.6 Å². The van der Waals surface area contributed by atoms with Crippen molar-refractivity contribution < 1.29 is 19.1 Å². The summed E-state index contributed by atoms with van der Waals surface area (Å²) in [4.78, 5) is 23.7. The van der Waals surface area contributed by atoms with Gasteiger partial charge in [0.05, 0.1) is 6.42 Å². The van der Waals surface area contributed by atoms with Crippen LogP contribution in [0.4, 0.5) is 10.1 Å². The first-order valence-corrected chi connectivity index (χ1v) is 7.12. The average molecular weight is 329 g/mol. The molecule has 0 aromatic heterocycles. The quantitative estimate of drug-likeness (QED) is 0.582. The molecule has 0 spiro atoms. The number of phenols is 1. The molecular formula is C17H16FN3O3. The van der Waals surface area contributed by atoms with Crippen molar-refractivity contribution in [3.8, 4) is 5.75 Å². The minimum atomic E-state index is -0.451. The molecule has 0 heterocycles. The Hall–Kier alpha value is -3.22. The lowest BCUT2D eigenvalue weighted by molar-refractivity contribution is -0.115. The molecular weight excluding hydrogens is 313 g/mol. The minimum Gasteiger partial charge on any atom is -0.508 e. The molecule has 2 aromatic rings. The van der Waals surface area contributed by atoms with E-state index in [2.05, 4.69) is 15.8 Å². The molecule has 0 unspecified atom stereocenters. The van der Waals surface area contributed by atoms with Gasteiger partial charge in [-0.2, -0.15) is 5.10 Å². The van der Waals surface area contributed by atoms with Gasteiger partial charge in [0.25, 0.3) is 5.91 Å². The van der Waals surface area contributed by atoms with Crippen LogP contribution >= 0.6 is 0 Å². The number of nitrogens with one attached hydrogen (secondary N) is 2. The summed E-state index contributed by atoms with van der Waals surface area (Å²) in [5, 5.41) is 15.6. The first kappa shape index (κ1) is 17.1. The fourth-order valence-corrected chi connectivity index (χ4v) is 1.83. The molecule has 0 atom stereocenters. The third-order valence-corrected chi connectivity index (χ3v) is 3.02. The van der Waals surface area contributed by atoms with E-state index in [1.807, 2.05) is 0 Å². The predicted molar refractivity (Wildman–Crippen MR) is 88.3 cm³/mol. The van der Waals surface area contributed by atoms with E-state index in [-0.39, 0.29) is 23.9 Å². The molecule has 0 saturated carbocycles. The van der Waals surface area contributed by atoms with Crippen molar-refractivity contribution in [2.45, 2.75) is 13.3 Å². The molecule has 2 amide bonds. The first-order valence-electron chi connectivity index (χ1n) is 7.12. The summed E-state index contributed by atoms with van der Waals surface area (Å²) in [6.07, 6.45) is -0.0206. The first-order chi connectivity index (χ1) is 11.4. The topological polar surface area (TPSA) is 90.8 Å². The monoisotopic (exact) mass is 329 g/mol. The van der Waals surface area contributed by atoms with Gasteiger partial charge in [-0.25, -0.2) is 9.82 Å². The Morgan fingerprint density at radius 2 is 1.71 bits per heavy atom. The van der Waals surface area contributed by atoms with Gasteiger partial charge in [0, 0.05) is 17.0 Å². The summed E-state index contributed by atoms with van der Waals surface area (Å²) in [5.41, 5.74) is 3.54. The summed E-state index contributed by atoms with van der Waals surface area (Å²) in [6, 6.07) is 11.1. The fraction of sp³-hybridized carbons (Fsp3) is 0.118. The fourth-order valence-electron chi connectivity index (χ4n) is 1.83. The van der Waals surface area contributed by atoms with Crippen LogP contribution in [-0.2, 0) is 4.79 Å². The van der Waals surface area contributed by atoms with Crippen LogP contribution in [0.15, 0.2) is 53.6 Å². The predicted octanol–water partition coefficient (Wildman–Crippen LogP) is 2.67. The maximum absolute atomic E-state index is 12.8. The maximum Gasteiger partial charge on any atom is 0.271 e. The number of carbonyl (C=O) groups is 2. The summed E-state index contributed by atoms with van der Waals surface area (Å²) >= 11 is 0. The van der Waals surface area contributed by atoms with E-state index in [0.717, 1.165) is 0 Å². The highest BCUT2D eigenvalue weighted by Gasteiger charge is 2.07. The molecule has 0 aliphatic carbocycles. The van der Waals surface area contributed by atoms with Crippen molar-refractivity contribution in [2.75, 3.05) is 5.32 Å². The molecule has 2 aromatic carbocycles. The molecule has 0 fully saturated rings. The van der Waals surface area contributed by atoms with E-state index in [1.54, 1.807) is 6.92 Å². The number of hydrogen-bond acceptors (Lipinski definition) is 4. The standard InChI is InChI=1S/C17H16FN3O3/c1-11(10-16(23)19-14-6-4-13(18)5-7-14)20-21-17(24)12-2-8-15(22)9-3-12/h2-9,22H,10H2,1H3,(H,19,23)(H,21,24)/b20-11+. The van der Waals surface area contributed by atoms with Crippen LogP contribution < -0.4 is 10.7 Å². The summed E-state index contributed by atoms with van der Waals surface area (Å²) in [5.74, 6) is -1.11. The van der Waals surface area contributed by atoms with Gasteiger partial charge in [-0.3, -0.25) is 9.59 Å². The number of amides is 2. The Morgan fingerprint density at radius 3 is 2.33 bits per heavy atom. The van der Waals surface area contributed by atoms with E-state index in [1.165, 1.54) is 48.5 Å². The third-order valence-electron chi connectivity index (χ3n) is 3.02. The molecule has 0 aliphatic heterocycles. The Bertz CT molecular complexity index is 756. The number of hydrogen-bond donors (Lipinski definition) is 3. The lowest BCUT2D eigenvalue weighted by Gasteiger charge is -2.05. The molecule has 6 nitrogen and oxygen atoms in total. The van der Waals surface area contributed by atoms with E-state index in [0.29, 0.717) is 17.0 Å². The number of halogens is 1. The average Bonchev–Trinajstić information content (AvgIpc) is 2.55. The van der Waals surface area contributed by atoms with Gasteiger partial charge in [0.15, 0.2) is 0 Å². The van der Waals surface area contributed by atoms with Crippen LogP contribution in [0.1, 0.15) is 23.7 Å². The molecule has 124 valence electrons. The molecule has 0 bridgehead atoms. The van der Waals surface area contributed by atoms with Gasteiger partial charge >= 0.3 is 0 Å². The van der Waals surface area contributed by atoms with Crippen LogP contribution in [-0.4, -0.2) is 22.6 Å². The van der Waals surface area contributed by atoms with Gasteiger partial charge in [-0.05, 0) is 55.5 Å². The van der Waals surface area contributed by atoms with E-state index in [4.69, 9.17) is 5.11 Å². The van der Waals surface area contributed by atoms with Crippen molar-refractivity contribution in [2.24, 2.45) is 5.10 Å². The zero-order valence-corrected chi connectivity index (χ0v) is 12.9. The summed E-state index contributed by atoms with van der Waals surface area (Å²) < 4.78 is 12.8. The van der Waals surface area contributed by atoms with Gasteiger partial charge < -0.3 is 10.4 Å². The molecule has 24 heavy (non-hydrogen) atoms. The van der Waals surface area contributed by atoms with E-state index >= 15 is 0 Å². The van der Waals surface area contributed by atoms with E-state index < -0.39 is 5.91 Å². The lowest BCUT2D eigenvalue weighted by atomic mass is 10.2. The molecule has 0 radical (unpaired) electrons. The highest BCUT2D eigenvalue weighted by atomic mass is 19.1. The normalized spacial score (nSPS) is 11.0. The molecule has 7 heteroatoms. The Morgan fingerprint density at radius 1 is 1.08 bits per heavy atom. The molecule has 0 aliphatic rings. The number of aromatic hydroxyl groups is 1. The van der Waals surface area contributed by atoms with Crippen LogP contribution in [0.3, 0.4) is 0 Å². The number of rotatable bonds is 5. The highest BCUT2D eigenvalue weighted by Crippen LogP contribution is 2.10. The number of benzene rings is 2. The highest BCUT2D eigenvalue weighted by molar-refractivity contribution is 6.06. The summed E-state index contributed by atoms with van der Waals surface area (Å²) in [7, 11) is 0. The minimum absolute atomic E-state index is 0.0206. The zero-order valence-electron chi connectivity index (χ0n) is 12.9. The largest absolute Gasteiger partial charge is 0.508 e. The number of phenolic OH excluding ortho intramolecular Hbond substituents is 1. The molecule has 2 rings (SSSR count). The second-order valence-electron chi connectivity index (χ2n) is 5.07. The number of anilines is 1. The second kappa shape index (κ2) is 7.87. The number of nitrogens with zero attached hydrogens (tertiary/aromatic N) is 1. The van der Waals surface area contributed by atoms with E-state index in [9.17, 15) is 14.0 Å². The zero-order chi connectivity index (χ0) is 17.5. The van der Waals surface area contributed by atoms with Gasteiger partial charge in [-0.15, -0.1) is 0 Å². The maximum atomic E-state index is 12.8. The third kappa shape index (κ3) is 5.20. The van der Waals surface area contributed by atoms with Crippen molar-refractivity contribution in [3.63, 3.8) is 0 Å². The van der Waals surface area contributed by atoms with Crippen molar-refractivity contribution in [1.29, 1.82) is 0 Å². The van der Waals surface area contributed by atoms with Crippen molar-refractivity contribution >= 4 is 23.2 Å². The van der Waals surface area contributed by atoms with Gasteiger partial charge in [-0.1, -0.05) is 0 Å². The Labute approximate surface area is 138 Å². The second-order valence-corrected chi connectivity index (χ2v) is 5.07. The van der Waals surface area contributed by atoms with Crippen molar-refractivity contribution in [3.05, 3.63) is 59.9 Å². The van der Waals surface area contributed by atoms with Crippen LogP contribution in [0, 0.1) is 5.82 Å². The smallest absolute Gasteiger partial charge is 0.271 e. The SMILES string of the molecule is C/C(CC(=O)Nc1ccc(F)cc1)=N\NC(=O)c1ccc(O)cc1. The Balaban J connectivity index is 1.86. The lowest BCUT2D eigenvalue weighted by Crippen LogP contribution is -2.21. The van der Waals surface area contributed by atoms with Crippen LogP contribution in [0.2, 0.25) is 0 Å². The number of carbonyl (C=O) groups excluding carboxylic acids is 2. The van der Waals surface area contributed by atoms with Crippen LogP contribution in [0.5, 0.6) is 5.75 Å². The Kier molecular flexibility index (Phi) is 5.62. The van der Waals surface area contributed by atoms with Crippen LogP contribution in [0.25, 0.3) is 0 Å². The van der Waals surface area contributed by atoms with Crippen molar-refractivity contribution in [1.82, 2.24) is 5.43 Å². The number of hydrazone groups is 1. The molecule has 0 saturated heterocycles.